The molecule has 0 bridgehead atoms. The highest BCUT2D eigenvalue weighted by Gasteiger charge is 2.28. The number of nitrogens with one attached hydrogen (secondary N) is 1. The number of benzene rings is 1. The highest BCUT2D eigenvalue weighted by atomic mass is 19.1. The lowest BCUT2D eigenvalue weighted by molar-refractivity contribution is -0.123. The molecule has 2 saturated carbocycles. The summed E-state index contributed by atoms with van der Waals surface area (Å²) in [5, 5.41) is 3.27. The average Bonchev–Trinajstić information content (AvgIpc) is 2.76. The van der Waals surface area contributed by atoms with Crippen molar-refractivity contribution in [3.63, 3.8) is 0 Å². The summed E-state index contributed by atoms with van der Waals surface area (Å²) in [4.78, 5) is 27.3. The molecule has 0 unspecified atom stereocenters. The zero-order valence-electron chi connectivity index (χ0n) is 18.7. The Balaban J connectivity index is 1.10. The van der Waals surface area contributed by atoms with Crippen LogP contribution in [0, 0.1) is 23.6 Å². The molecule has 1 amide bonds. The normalized spacial score (nSPS) is 25.7. The maximum atomic E-state index is 13.1. The molecule has 0 atom stereocenters. The SMILES string of the molecule is O=C(CC1CCC1)NC1CCC(CCN2CCC(C(=O)c3ccc(F)cc3)CC2)CC1. The Morgan fingerprint density at radius 3 is 2.19 bits per heavy atom. The minimum absolute atomic E-state index is 0.0701. The summed E-state index contributed by atoms with van der Waals surface area (Å²) in [6.45, 7) is 3.06. The first kappa shape index (κ1) is 22.4. The Labute approximate surface area is 186 Å². The minimum Gasteiger partial charge on any atom is -0.353 e. The number of halogens is 1. The third kappa shape index (κ3) is 6.38. The largest absolute Gasteiger partial charge is 0.353 e. The lowest BCUT2D eigenvalue weighted by atomic mass is 9.82. The Kier molecular flexibility index (Phi) is 7.76. The summed E-state index contributed by atoms with van der Waals surface area (Å²) in [6.07, 6.45) is 12.2. The molecule has 3 fully saturated rings. The number of hydrogen-bond acceptors (Lipinski definition) is 3. The first-order valence-electron chi connectivity index (χ1n) is 12.4. The number of ketones is 1. The van der Waals surface area contributed by atoms with Gasteiger partial charge in [0.2, 0.25) is 5.91 Å². The fourth-order valence-corrected chi connectivity index (χ4v) is 5.47. The van der Waals surface area contributed by atoms with E-state index < -0.39 is 0 Å². The van der Waals surface area contributed by atoms with Crippen LogP contribution in [0.15, 0.2) is 24.3 Å². The van der Waals surface area contributed by atoms with Gasteiger partial charge in [-0.3, -0.25) is 9.59 Å². The molecule has 170 valence electrons. The van der Waals surface area contributed by atoms with Crippen LogP contribution in [0.25, 0.3) is 0 Å². The van der Waals surface area contributed by atoms with Gasteiger partial charge >= 0.3 is 0 Å². The summed E-state index contributed by atoms with van der Waals surface area (Å²) in [7, 11) is 0. The van der Waals surface area contributed by atoms with Crippen molar-refractivity contribution in [2.24, 2.45) is 17.8 Å². The summed E-state index contributed by atoms with van der Waals surface area (Å²) < 4.78 is 13.1. The number of piperidine rings is 1. The zero-order chi connectivity index (χ0) is 21.6. The van der Waals surface area contributed by atoms with E-state index in [4.69, 9.17) is 0 Å². The van der Waals surface area contributed by atoms with Gasteiger partial charge in [0.05, 0.1) is 0 Å². The Hall–Kier alpha value is -1.75. The molecular weight excluding hydrogens is 391 g/mol. The number of Topliss-reactive ketones (excluding diaryl/α,β-unsaturated/α-hetero) is 1. The molecule has 0 radical (unpaired) electrons. The minimum atomic E-state index is -0.295. The van der Waals surface area contributed by atoms with Crippen molar-refractivity contribution in [3.05, 3.63) is 35.6 Å². The quantitative estimate of drug-likeness (QED) is 0.595. The summed E-state index contributed by atoms with van der Waals surface area (Å²) >= 11 is 0. The molecule has 4 nitrogen and oxygen atoms in total. The first-order chi connectivity index (χ1) is 15.1. The number of carbonyl (C=O) groups is 2. The maximum Gasteiger partial charge on any atom is 0.220 e. The number of rotatable bonds is 8. The van der Waals surface area contributed by atoms with Crippen molar-refractivity contribution in [1.82, 2.24) is 10.2 Å². The van der Waals surface area contributed by atoms with E-state index in [-0.39, 0.29) is 23.4 Å². The molecule has 1 aromatic rings. The number of carbonyl (C=O) groups excluding carboxylic acids is 2. The monoisotopic (exact) mass is 428 g/mol. The Bertz CT molecular complexity index is 730. The summed E-state index contributed by atoms with van der Waals surface area (Å²) in [6, 6.07) is 6.34. The molecule has 5 heteroatoms. The first-order valence-corrected chi connectivity index (χ1v) is 12.4. The van der Waals surface area contributed by atoms with Crippen LogP contribution >= 0.6 is 0 Å². The molecule has 2 aliphatic carbocycles. The van der Waals surface area contributed by atoms with Crippen LogP contribution in [0.4, 0.5) is 4.39 Å². The van der Waals surface area contributed by atoms with E-state index >= 15 is 0 Å². The van der Waals surface area contributed by atoms with Crippen LogP contribution in [-0.2, 0) is 4.79 Å². The van der Waals surface area contributed by atoms with E-state index in [0.29, 0.717) is 17.5 Å². The van der Waals surface area contributed by atoms with Crippen LogP contribution in [-0.4, -0.2) is 42.3 Å². The smallest absolute Gasteiger partial charge is 0.220 e. The van der Waals surface area contributed by atoms with Crippen LogP contribution in [0.5, 0.6) is 0 Å². The van der Waals surface area contributed by atoms with Gasteiger partial charge in [-0.1, -0.05) is 6.42 Å². The number of nitrogens with zero attached hydrogens (tertiary/aromatic N) is 1. The molecule has 31 heavy (non-hydrogen) atoms. The molecule has 1 aliphatic heterocycles. The van der Waals surface area contributed by atoms with Crippen molar-refractivity contribution < 1.29 is 14.0 Å². The molecule has 0 spiro atoms. The molecule has 3 aliphatic rings. The van der Waals surface area contributed by atoms with E-state index in [1.165, 1.54) is 50.7 Å². The van der Waals surface area contributed by atoms with Gasteiger partial charge in [-0.15, -0.1) is 0 Å². The van der Waals surface area contributed by atoms with E-state index in [0.717, 1.165) is 57.7 Å². The predicted molar refractivity (Wildman–Crippen MR) is 120 cm³/mol. The Morgan fingerprint density at radius 2 is 1.58 bits per heavy atom. The highest BCUT2D eigenvalue weighted by molar-refractivity contribution is 5.97. The standard InChI is InChI=1S/C26H37FN2O2/c27-23-8-6-21(7-9-23)26(31)22-13-16-29(17-14-22)15-12-19-4-10-24(11-5-19)28-25(30)18-20-2-1-3-20/h6-9,19-20,22,24H,1-5,10-18H2,(H,28,30). The number of likely N-dealkylation sites (tertiary alicyclic amines) is 1. The van der Waals surface area contributed by atoms with Crippen LogP contribution in [0.2, 0.25) is 0 Å². The van der Waals surface area contributed by atoms with Crippen molar-refractivity contribution in [2.75, 3.05) is 19.6 Å². The van der Waals surface area contributed by atoms with Gasteiger partial charge in [0.25, 0.3) is 0 Å². The number of amides is 1. The van der Waals surface area contributed by atoms with E-state index in [2.05, 4.69) is 10.2 Å². The predicted octanol–water partition coefficient (Wildman–Crippen LogP) is 4.98. The Morgan fingerprint density at radius 1 is 0.903 bits per heavy atom. The van der Waals surface area contributed by atoms with Gasteiger partial charge in [-0.05, 0) is 114 Å². The fourth-order valence-electron chi connectivity index (χ4n) is 5.47. The summed E-state index contributed by atoms with van der Waals surface area (Å²) in [5.41, 5.74) is 0.636. The molecule has 1 saturated heterocycles. The van der Waals surface area contributed by atoms with Gasteiger partial charge in [-0.25, -0.2) is 4.39 Å². The van der Waals surface area contributed by atoms with Gasteiger partial charge in [-0.2, -0.15) is 0 Å². The maximum absolute atomic E-state index is 13.1. The molecule has 1 aromatic carbocycles. The third-order valence-corrected chi connectivity index (χ3v) is 7.85. The lowest BCUT2D eigenvalue weighted by Crippen LogP contribution is -2.40. The molecule has 0 aromatic heterocycles. The second-order valence-corrected chi connectivity index (χ2v) is 10.1. The van der Waals surface area contributed by atoms with Gasteiger partial charge in [0, 0.05) is 23.9 Å². The van der Waals surface area contributed by atoms with Gasteiger partial charge in [0.1, 0.15) is 5.82 Å². The lowest BCUT2D eigenvalue weighted by Gasteiger charge is -2.34. The average molecular weight is 429 g/mol. The summed E-state index contributed by atoms with van der Waals surface area (Å²) in [5.74, 6) is 1.62. The third-order valence-electron chi connectivity index (χ3n) is 7.85. The highest BCUT2D eigenvalue weighted by Crippen LogP contribution is 2.31. The van der Waals surface area contributed by atoms with E-state index in [9.17, 15) is 14.0 Å². The van der Waals surface area contributed by atoms with Crippen molar-refractivity contribution >= 4 is 11.7 Å². The fraction of sp³-hybridized carbons (Fsp3) is 0.692. The van der Waals surface area contributed by atoms with Gasteiger partial charge < -0.3 is 10.2 Å². The zero-order valence-corrected chi connectivity index (χ0v) is 18.7. The molecule has 1 heterocycles. The van der Waals surface area contributed by atoms with Crippen molar-refractivity contribution in [2.45, 2.75) is 76.7 Å². The van der Waals surface area contributed by atoms with E-state index in [1.807, 2.05) is 0 Å². The second kappa shape index (κ2) is 10.7. The second-order valence-electron chi connectivity index (χ2n) is 10.1. The van der Waals surface area contributed by atoms with Crippen molar-refractivity contribution in [1.29, 1.82) is 0 Å². The molecule has 4 rings (SSSR count). The number of hydrogen-bond donors (Lipinski definition) is 1. The molecular formula is C26H37FN2O2. The van der Waals surface area contributed by atoms with E-state index in [1.54, 1.807) is 12.1 Å². The van der Waals surface area contributed by atoms with Crippen LogP contribution in [0.1, 0.15) is 81.0 Å². The van der Waals surface area contributed by atoms with Crippen LogP contribution in [0.3, 0.4) is 0 Å². The van der Waals surface area contributed by atoms with Crippen molar-refractivity contribution in [3.8, 4) is 0 Å². The van der Waals surface area contributed by atoms with Gasteiger partial charge in [0.15, 0.2) is 5.78 Å². The van der Waals surface area contributed by atoms with Crippen LogP contribution < -0.4 is 5.32 Å². The molecule has 1 N–H and O–H groups in total. The topological polar surface area (TPSA) is 49.4 Å².